The number of unbranched alkanes of at least 4 members (excludes halogenated alkanes) is 8. The van der Waals surface area contributed by atoms with Gasteiger partial charge in [-0.2, -0.15) is 0 Å². The van der Waals surface area contributed by atoms with Crippen LogP contribution in [0.1, 0.15) is 104 Å². The summed E-state index contributed by atoms with van der Waals surface area (Å²) in [5.41, 5.74) is 0. The van der Waals surface area contributed by atoms with E-state index in [-0.39, 0.29) is 6.10 Å². The van der Waals surface area contributed by atoms with E-state index in [2.05, 4.69) is 24.4 Å². The molecule has 3 atom stereocenters. The molecule has 0 fully saturated rings. The molecular weight excluding hydrogens is 358 g/mol. The van der Waals surface area contributed by atoms with Crippen molar-refractivity contribution in [3.63, 3.8) is 0 Å². The summed E-state index contributed by atoms with van der Waals surface area (Å²) in [6.07, 6.45) is 16.1. The van der Waals surface area contributed by atoms with Gasteiger partial charge in [0.1, 0.15) is 12.5 Å². The first-order valence-electron chi connectivity index (χ1n) is 11.0. The average molecular weight is 404 g/mol. The van der Waals surface area contributed by atoms with Crippen molar-refractivity contribution in [1.29, 1.82) is 0 Å². The zero-order valence-corrected chi connectivity index (χ0v) is 18.3. The molecule has 0 radical (unpaired) electrons. The molecule has 2 unspecified atom stereocenters. The molecule has 0 amide bonds. The summed E-state index contributed by atoms with van der Waals surface area (Å²) in [5.74, 6) is -0.689. The van der Waals surface area contributed by atoms with Crippen LogP contribution in [0.4, 0.5) is 0 Å². The molecule has 0 aromatic heterocycles. The molecule has 0 aromatic rings. The van der Waals surface area contributed by atoms with Crippen molar-refractivity contribution in [1.82, 2.24) is 5.32 Å². The number of hydrogen-bond acceptors (Lipinski definition) is 5. The van der Waals surface area contributed by atoms with Gasteiger partial charge in [-0.1, -0.05) is 64.0 Å². The third-order valence-electron chi connectivity index (χ3n) is 4.21. The summed E-state index contributed by atoms with van der Waals surface area (Å²) in [6, 6.07) is 0. The fourth-order valence-corrected chi connectivity index (χ4v) is 2.71. The van der Waals surface area contributed by atoms with E-state index in [4.69, 9.17) is 15.3 Å². The van der Waals surface area contributed by atoms with E-state index in [1.165, 1.54) is 25.7 Å². The predicted molar refractivity (Wildman–Crippen MR) is 115 cm³/mol. The summed E-state index contributed by atoms with van der Waals surface area (Å²) in [5, 5.41) is 37.6. The fourth-order valence-electron chi connectivity index (χ4n) is 2.71. The minimum absolute atomic E-state index is 0.172. The minimum atomic E-state index is -0.689. The van der Waals surface area contributed by atoms with Crippen LogP contribution in [-0.4, -0.2) is 45.0 Å². The lowest BCUT2D eigenvalue weighted by Crippen LogP contribution is -2.33. The number of nitrogens with one attached hydrogen (secondary N) is 1. The monoisotopic (exact) mass is 403 g/mol. The van der Waals surface area contributed by atoms with Crippen molar-refractivity contribution in [3.05, 3.63) is 12.2 Å². The standard InChI is InChI=1S/C18H34O3.C4H11NO2/c1-2-3-4-11-14-17(19)15-12-9-7-5-6-8-10-13-16-18(20)21;1-3(6)5-4(2)7/h9,12,17,19H,2-8,10-11,13-16H2,1H3,(H,20,21);3-7H,1-2H3/b12-9-;/t17-;/m1./s1. The van der Waals surface area contributed by atoms with E-state index < -0.39 is 18.4 Å². The smallest absolute Gasteiger partial charge is 0.303 e. The first-order chi connectivity index (χ1) is 13.3. The summed E-state index contributed by atoms with van der Waals surface area (Å²) in [6.45, 7) is 5.30. The van der Waals surface area contributed by atoms with Crippen LogP contribution in [0.25, 0.3) is 0 Å². The Kier molecular flexibility index (Phi) is 23.3. The summed E-state index contributed by atoms with van der Waals surface area (Å²) in [7, 11) is 0. The van der Waals surface area contributed by atoms with Gasteiger partial charge in [-0.3, -0.25) is 10.1 Å². The molecule has 6 heteroatoms. The van der Waals surface area contributed by atoms with Gasteiger partial charge in [0.05, 0.1) is 6.10 Å². The molecule has 28 heavy (non-hydrogen) atoms. The number of rotatable bonds is 17. The van der Waals surface area contributed by atoms with Gasteiger partial charge in [-0.15, -0.1) is 0 Å². The lowest BCUT2D eigenvalue weighted by atomic mass is 10.1. The van der Waals surface area contributed by atoms with Crippen LogP contribution >= 0.6 is 0 Å². The Balaban J connectivity index is 0. The second-order valence-corrected chi connectivity index (χ2v) is 7.43. The van der Waals surface area contributed by atoms with Gasteiger partial charge in [0, 0.05) is 6.42 Å². The minimum Gasteiger partial charge on any atom is -0.481 e. The van der Waals surface area contributed by atoms with Crippen molar-refractivity contribution in [2.24, 2.45) is 0 Å². The molecule has 0 aliphatic heterocycles. The molecule has 0 aliphatic rings. The third-order valence-corrected chi connectivity index (χ3v) is 4.21. The molecule has 0 bridgehead atoms. The Morgan fingerprint density at radius 2 is 1.43 bits per heavy atom. The number of carboxylic acids is 1. The Labute approximate surface area is 172 Å². The van der Waals surface area contributed by atoms with E-state index in [9.17, 15) is 9.90 Å². The maximum absolute atomic E-state index is 10.3. The Morgan fingerprint density at radius 3 is 1.96 bits per heavy atom. The van der Waals surface area contributed by atoms with Crippen LogP contribution in [0.2, 0.25) is 0 Å². The number of carboxylic acid groups (broad SMARTS) is 1. The number of carbonyl (C=O) groups is 1. The normalized spacial score (nSPS) is 14.4. The van der Waals surface area contributed by atoms with Crippen molar-refractivity contribution < 1.29 is 25.2 Å². The van der Waals surface area contributed by atoms with Gasteiger partial charge in [-0.25, -0.2) is 0 Å². The van der Waals surface area contributed by atoms with E-state index in [1.54, 1.807) is 13.8 Å². The lowest BCUT2D eigenvalue weighted by Gasteiger charge is -2.08. The average Bonchev–Trinajstić information content (AvgIpc) is 2.59. The highest BCUT2D eigenvalue weighted by Crippen LogP contribution is 2.10. The molecule has 0 saturated heterocycles. The fraction of sp³-hybridized carbons (Fsp3) is 0.864. The molecule has 0 spiro atoms. The predicted octanol–water partition coefficient (Wildman–Crippen LogP) is 4.33. The van der Waals surface area contributed by atoms with E-state index >= 15 is 0 Å². The highest BCUT2D eigenvalue weighted by Gasteiger charge is 2.00. The molecule has 168 valence electrons. The number of hydrogen-bond donors (Lipinski definition) is 5. The van der Waals surface area contributed by atoms with E-state index in [0.717, 1.165) is 51.4 Å². The van der Waals surface area contributed by atoms with Crippen molar-refractivity contribution in [2.75, 3.05) is 0 Å². The topological polar surface area (TPSA) is 110 Å². The van der Waals surface area contributed by atoms with Gasteiger partial charge in [0.2, 0.25) is 0 Å². The van der Waals surface area contributed by atoms with Crippen molar-refractivity contribution in [3.8, 4) is 0 Å². The largest absolute Gasteiger partial charge is 0.481 e. The van der Waals surface area contributed by atoms with Gasteiger partial charge < -0.3 is 20.4 Å². The van der Waals surface area contributed by atoms with Gasteiger partial charge in [0.25, 0.3) is 0 Å². The maximum atomic E-state index is 10.3. The van der Waals surface area contributed by atoms with Crippen LogP contribution in [0.5, 0.6) is 0 Å². The number of aliphatic hydroxyl groups excluding tert-OH is 3. The Hall–Kier alpha value is -0.950. The van der Waals surface area contributed by atoms with Crippen LogP contribution in [0, 0.1) is 0 Å². The highest BCUT2D eigenvalue weighted by atomic mass is 16.4. The van der Waals surface area contributed by atoms with Crippen LogP contribution < -0.4 is 5.32 Å². The first kappa shape index (κ1) is 29.3. The Bertz CT molecular complexity index is 353. The van der Waals surface area contributed by atoms with Crippen LogP contribution in [-0.2, 0) is 4.79 Å². The maximum Gasteiger partial charge on any atom is 0.303 e. The SMILES string of the molecule is CC(O)NC(C)O.CCCCCC[C@@H](O)C/C=C\CCCCCCCC(=O)O. The van der Waals surface area contributed by atoms with Crippen molar-refractivity contribution >= 4 is 5.97 Å². The second-order valence-electron chi connectivity index (χ2n) is 7.43. The molecule has 0 rings (SSSR count). The quantitative estimate of drug-likeness (QED) is 0.140. The summed E-state index contributed by atoms with van der Waals surface area (Å²) < 4.78 is 0. The lowest BCUT2D eigenvalue weighted by molar-refractivity contribution is -0.137. The molecule has 0 aromatic carbocycles. The van der Waals surface area contributed by atoms with Gasteiger partial charge in [0.15, 0.2) is 0 Å². The molecular formula is C22H45NO5. The van der Waals surface area contributed by atoms with Crippen LogP contribution in [0.3, 0.4) is 0 Å². The molecule has 0 aliphatic carbocycles. The van der Waals surface area contributed by atoms with Gasteiger partial charge >= 0.3 is 5.97 Å². The zero-order valence-electron chi connectivity index (χ0n) is 18.3. The molecule has 6 nitrogen and oxygen atoms in total. The van der Waals surface area contributed by atoms with E-state index in [1.807, 2.05) is 0 Å². The summed E-state index contributed by atoms with van der Waals surface area (Å²) >= 11 is 0. The summed E-state index contributed by atoms with van der Waals surface area (Å²) in [4.78, 5) is 10.3. The number of aliphatic carboxylic acids is 1. The highest BCUT2D eigenvalue weighted by molar-refractivity contribution is 5.66. The molecule has 5 N–H and O–H groups in total. The number of aliphatic hydroxyl groups is 3. The van der Waals surface area contributed by atoms with Gasteiger partial charge in [-0.05, 0) is 46.0 Å². The first-order valence-corrected chi connectivity index (χ1v) is 11.0. The van der Waals surface area contributed by atoms with E-state index in [0.29, 0.717) is 6.42 Å². The molecule has 0 heterocycles. The zero-order chi connectivity index (χ0) is 21.6. The molecule has 0 saturated carbocycles. The Morgan fingerprint density at radius 1 is 0.857 bits per heavy atom. The van der Waals surface area contributed by atoms with Crippen LogP contribution in [0.15, 0.2) is 12.2 Å². The number of allylic oxidation sites excluding steroid dienone is 1. The second kappa shape index (κ2) is 22.3. The van der Waals surface area contributed by atoms with Crippen molar-refractivity contribution in [2.45, 2.75) is 123 Å². The third kappa shape index (κ3) is 29.8.